The highest BCUT2D eigenvalue weighted by molar-refractivity contribution is 7.89. The van der Waals surface area contributed by atoms with Crippen molar-refractivity contribution in [2.45, 2.75) is 30.0 Å². The molecule has 0 atom stereocenters. The summed E-state index contributed by atoms with van der Waals surface area (Å²) in [7, 11) is -2.58. The third-order valence-electron chi connectivity index (χ3n) is 4.12. The van der Waals surface area contributed by atoms with Crippen LogP contribution in [-0.4, -0.2) is 27.5 Å². The molecule has 29 heavy (non-hydrogen) atoms. The van der Waals surface area contributed by atoms with Crippen molar-refractivity contribution in [1.82, 2.24) is 10.1 Å². The Labute approximate surface area is 165 Å². The van der Waals surface area contributed by atoms with Crippen molar-refractivity contribution in [2.75, 3.05) is 12.5 Å². The number of hydrazine groups is 1. The molecule has 3 N–H and O–H groups in total. The molecular formula is C18H18F3N3O4S. The highest BCUT2D eigenvalue weighted by Crippen LogP contribution is 2.31. The Balaban J connectivity index is 1.77. The molecule has 1 aliphatic rings. The van der Waals surface area contributed by atoms with Gasteiger partial charge in [-0.15, -0.1) is 0 Å². The predicted octanol–water partition coefficient (Wildman–Crippen LogP) is 2.91. The third-order valence-corrected chi connectivity index (χ3v) is 5.67. The van der Waals surface area contributed by atoms with Crippen LogP contribution in [0.15, 0.2) is 47.4 Å². The van der Waals surface area contributed by atoms with Gasteiger partial charge in [-0.3, -0.25) is 15.6 Å². The molecule has 0 unspecified atom stereocenters. The van der Waals surface area contributed by atoms with Crippen LogP contribution in [0.2, 0.25) is 0 Å². The average molecular weight is 429 g/mol. The van der Waals surface area contributed by atoms with E-state index < -0.39 is 27.7 Å². The molecule has 0 bridgehead atoms. The average Bonchev–Trinajstić information content (AvgIpc) is 3.48. The first-order valence-electron chi connectivity index (χ1n) is 8.54. The van der Waals surface area contributed by atoms with E-state index in [0.717, 1.165) is 31.0 Å². The molecule has 0 radical (unpaired) electrons. The minimum atomic E-state index is -4.52. The number of sulfonamides is 1. The summed E-state index contributed by atoms with van der Waals surface area (Å²) in [6.07, 6.45) is -3.04. The largest absolute Gasteiger partial charge is 0.495 e. The zero-order chi connectivity index (χ0) is 21.2. The monoisotopic (exact) mass is 429 g/mol. The Hall–Kier alpha value is -2.79. The molecule has 2 aromatic carbocycles. The van der Waals surface area contributed by atoms with E-state index in [4.69, 9.17) is 4.74 Å². The van der Waals surface area contributed by atoms with Crippen LogP contribution < -0.4 is 20.3 Å². The lowest BCUT2D eigenvalue weighted by Gasteiger charge is -2.14. The maximum absolute atomic E-state index is 12.8. The molecular weight excluding hydrogens is 411 g/mol. The van der Waals surface area contributed by atoms with Gasteiger partial charge in [0, 0.05) is 11.6 Å². The van der Waals surface area contributed by atoms with E-state index in [2.05, 4.69) is 15.6 Å². The SMILES string of the molecule is COc1ccc(C(=O)NNc2cccc(C(F)(F)F)c2)cc1S(=O)(=O)NC1CC1. The van der Waals surface area contributed by atoms with Crippen molar-refractivity contribution in [2.24, 2.45) is 0 Å². The topological polar surface area (TPSA) is 96.5 Å². The lowest BCUT2D eigenvalue weighted by Crippen LogP contribution is -2.30. The van der Waals surface area contributed by atoms with Gasteiger partial charge in [-0.1, -0.05) is 6.07 Å². The van der Waals surface area contributed by atoms with Crippen LogP contribution in [0.4, 0.5) is 18.9 Å². The van der Waals surface area contributed by atoms with E-state index in [1.807, 2.05) is 0 Å². The minimum absolute atomic E-state index is 0.0125. The summed E-state index contributed by atoms with van der Waals surface area (Å²) in [6, 6.07) is 7.97. The number of hydrogen-bond donors (Lipinski definition) is 3. The normalized spacial score (nSPS) is 14.3. The number of nitrogens with one attached hydrogen (secondary N) is 3. The highest BCUT2D eigenvalue weighted by Gasteiger charge is 2.31. The van der Waals surface area contributed by atoms with Gasteiger partial charge in [-0.2, -0.15) is 13.2 Å². The quantitative estimate of drug-likeness (QED) is 0.588. The zero-order valence-corrected chi connectivity index (χ0v) is 16.0. The Bertz CT molecular complexity index is 1020. The summed E-state index contributed by atoms with van der Waals surface area (Å²) in [5, 5.41) is 0. The van der Waals surface area contributed by atoms with Gasteiger partial charge in [-0.05, 0) is 49.2 Å². The van der Waals surface area contributed by atoms with Crippen LogP contribution in [0, 0.1) is 0 Å². The summed E-state index contributed by atoms with van der Waals surface area (Å²) in [4.78, 5) is 12.2. The lowest BCUT2D eigenvalue weighted by atomic mass is 10.2. The highest BCUT2D eigenvalue weighted by atomic mass is 32.2. The first-order chi connectivity index (χ1) is 13.6. The molecule has 0 aromatic heterocycles. The van der Waals surface area contributed by atoms with Gasteiger partial charge in [0.1, 0.15) is 10.6 Å². The summed E-state index contributed by atoms with van der Waals surface area (Å²) in [5.74, 6) is -0.659. The van der Waals surface area contributed by atoms with Crippen molar-refractivity contribution in [3.05, 3.63) is 53.6 Å². The number of methoxy groups -OCH3 is 1. The molecule has 1 aliphatic carbocycles. The van der Waals surface area contributed by atoms with Crippen molar-refractivity contribution in [1.29, 1.82) is 0 Å². The summed E-state index contributed by atoms with van der Waals surface area (Å²) >= 11 is 0. The first-order valence-corrected chi connectivity index (χ1v) is 10.0. The molecule has 7 nitrogen and oxygen atoms in total. The van der Waals surface area contributed by atoms with Crippen LogP contribution >= 0.6 is 0 Å². The summed E-state index contributed by atoms with van der Waals surface area (Å²) in [6.45, 7) is 0. The van der Waals surface area contributed by atoms with Crippen molar-refractivity contribution >= 4 is 21.6 Å². The fourth-order valence-electron chi connectivity index (χ4n) is 2.49. The van der Waals surface area contributed by atoms with Gasteiger partial charge in [0.05, 0.1) is 18.4 Å². The Morgan fingerprint density at radius 1 is 1.14 bits per heavy atom. The van der Waals surface area contributed by atoms with Crippen molar-refractivity contribution in [3.8, 4) is 5.75 Å². The number of benzene rings is 2. The number of carbonyl (C=O) groups is 1. The van der Waals surface area contributed by atoms with Gasteiger partial charge in [0.15, 0.2) is 0 Å². The molecule has 1 fully saturated rings. The predicted molar refractivity (Wildman–Crippen MR) is 98.9 cm³/mol. The molecule has 1 saturated carbocycles. The second-order valence-electron chi connectivity index (χ2n) is 6.42. The van der Waals surface area contributed by atoms with Gasteiger partial charge in [0.25, 0.3) is 5.91 Å². The van der Waals surface area contributed by atoms with E-state index in [9.17, 15) is 26.4 Å². The second kappa shape index (κ2) is 7.91. The second-order valence-corrected chi connectivity index (χ2v) is 8.10. The Morgan fingerprint density at radius 3 is 2.48 bits per heavy atom. The Morgan fingerprint density at radius 2 is 1.86 bits per heavy atom. The molecule has 11 heteroatoms. The fourth-order valence-corrected chi connectivity index (χ4v) is 3.99. The molecule has 0 heterocycles. The number of amides is 1. The number of anilines is 1. The summed E-state index contributed by atoms with van der Waals surface area (Å²) in [5.41, 5.74) is 3.77. The number of carbonyl (C=O) groups excluding carboxylic acids is 1. The molecule has 0 spiro atoms. The van der Waals surface area contributed by atoms with Gasteiger partial charge >= 0.3 is 6.18 Å². The molecule has 0 saturated heterocycles. The van der Waals surface area contributed by atoms with E-state index >= 15 is 0 Å². The van der Waals surface area contributed by atoms with Gasteiger partial charge in [0.2, 0.25) is 10.0 Å². The van der Waals surface area contributed by atoms with Crippen LogP contribution in [0.5, 0.6) is 5.75 Å². The van der Waals surface area contributed by atoms with Crippen LogP contribution in [0.25, 0.3) is 0 Å². The number of alkyl halides is 3. The van der Waals surface area contributed by atoms with Crippen molar-refractivity contribution < 1.29 is 31.1 Å². The molecule has 0 aliphatic heterocycles. The first kappa shape index (κ1) is 20.9. The molecule has 2 aromatic rings. The van der Waals surface area contributed by atoms with Crippen LogP contribution in [-0.2, 0) is 16.2 Å². The fraction of sp³-hybridized carbons (Fsp3) is 0.278. The van der Waals surface area contributed by atoms with Crippen LogP contribution in [0.1, 0.15) is 28.8 Å². The number of rotatable bonds is 7. The molecule has 156 valence electrons. The maximum atomic E-state index is 12.8. The minimum Gasteiger partial charge on any atom is -0.495 e. The number of hydrogen-bond acceptors (Lipinski definition) is 5. The third kappa shape index (κ3) is 5.18. The van der Waals surface area contributed by atoms with E-state index in [0.29, 0.717) is 0 Å². The molecule has 3 rings (SSSR count). The lowest BCUT2D eigenvalue weighted by molar-refractivity contribution is -0.137. The van der Waals surface area contributed by atoms with Gasteiger partial charge in [-0.25, -0.2) is 13.1 Å². The number of halogens is 3. The van der Waals surface area contributed by atoms with E-state index in [-0.39, 0.29) is 27.9 Å². The standard InChI is InChI=1S/C18H18F3N3O4S/c1-28-15-8-5-11(9-16(15)29(26,27)24-13-6-7-13)17(25)23-22-14-4-2-3-12(10-14)18(19,20)21/h2-5,8-10,13,22,24H,6-7H2,1H3,(H,23,25). The maximum Gasteiger partial charge on any atom is 0.416 e. The zero-order valence-electron chi connectivity index (χ0n) is 15.2. The smallest absolute Gasteiger partial charge is 0.416 e. The summed E-state index contributed by atoms with van der Waals surface area (Å²) < 4.78 is 70.9. The van der Waals surface area contributed by atoms with Crippen LogP contribution in [0.3, 0.4) is 0 Å². The van der Waals surface area contributed by atoms with E-state index in [1.54, 1.807) is 0 Å². The molecule has 1 amide bonds. The van der Waals surface area contributed by atoms with E-state index in [1.165, 1.54) is 31.4 Å². The number of ether oxygens (including phenoxy) is 1. The van der Waals surface area contributed by atoms with Crippen molar-refractivity contribution in [3.63, 3.8) is 0 Å². The van der Waals surface area contributed by atoms with Gasteiger partial charge < -0.3 is 4.74 Å². The Kier molecular flexibility index (Phi) is 5.71.